The van der Waals surface area contributed by atoms with Crippen molar-refractivity contribution in [3.63, 3.8) is 0 Å². The highest BCUT2D eigenvalue weighted by Crippen LogP contribution is 2.34. The zero-order valence-electron chi connectivity index (χ0n) is 18.4. The van der Waals surface area contributed by atoms with Crippen molar-refractivity contribution in [1.29, 1.82) is 0 Å². The Morgan fingerprint density at radius 3 is 2.67 bits per heavy atom. The lowest BCUT2D eigenvalue weighted by atomic mass is 10.2. The van der Waals surface area contributed by atoms with Gasteiger partial charge in [0.15, 0.2) is 16.3 Å². The molecule has 0 aliphatic rings. The maximum absolute atomic E-state index is 12.8. The van der Waals surface area contributed by atoms with E-state index in [1.807, 2.05) is 48.4 Å². The van der Waals surface area contributed by atoms with Gasteiger partial charge in [0, 0.05) is 47.5 Å². The number of benzene rings is 2. The van der Waals surface area contributed by atoms with Gasteiger partial charge in [0.05, 0.1) is 6.33 Å². The van der Waals surface area contributed by atoms with Crippen LogP contribution in [0, 0.1) is 0 Å². The van der Waals surface area contributed by atoms with Crippen LogP contribution in [0.15, 0.2) is 64.1 Å². The fourth-order valence-corrected chi connectivity index (χ4v) is 6.02. The summed E-state index contributed by atoms with van der Waals surface area (Å²) in [6.07, 6.45) is 1.71. The molecule has 0 aliphatic heterocycles. The molecule has 9 heteroatoms. The Morgan fingerprint density at radius 1 is 1.15 bits per heavy atom. The maximum Gasteiger partial charge on any atom is 0.301 e. The van der Waals surface area contributed by atoms with E-state index < -0.39 is 0 Å². The van der Waals surface area contributed by atoms with Crippen molar-refractivity contribution in [3.05, 3.63) is 75.1 Å². The van der Waals surface area contributed by atoms with Crippen molar-refractivity contribution in [3.8, 4) is 5.69 Å². The van der Waals surface area contributed by atoms with E-state index in [1.165, 1.54) is 10.3 Å². The van der Waals surface area contributed by atoms with Crippen LogP contribution in [0.1, 0.15) is 12.5 Å². The SMILES string of the molecule is CCn1cnc2c(=O)nc(SCc3csc4ccc(Cl)cc34)n(-c3ccc(N(C)C)cc3)c21. The van der Waals surface area contributed by atoms with E-state index in [1.54, 1.807) is 29.4 Å². The fourth-order valence-electron chi connectivity index (χ4n) is 3.81. The average Bonchev–Trinajstić information content (AvgIpc) is 3.42. The summed E-state index contributed by atoms with van der Waals surface area (Å²) in [4.78, 5) is 23.7. The van der Waals surface area contributed by atoms with Gasteiger partial charge in [-0.2, -0.15) is 4.98 Å². The van der Waals surface area contributed by atoms with E-state index >= 15 is 0 Å². The number of thiophene rings is 1. The van der Waals surface area contributed by atoms with Crippen molar-refractivity contribution < 1.29 is 0 Å². The van der Waals surface area contributed by atoms with E-state index in [4.69, 9.17) is 11.6 Å². The fraction of sp³-hybridized carbons (Fsp3) is 0.208. The Balaban J connectivity index is 1.63. The molecule has 0 aliphatic carbocycles. The van der Waals surface area contributed by atoms with Crippen LogP contribution >= 0.6 is 34.7 Å². The van der Waals surface area contributed by atoms with Crippen molar-refractivity contribution >= 4 is 61.6 Å². The predicted octanol–water partition coefficient (Wildman–Crippen LogP) is 5.83. The van der Waals surface area contributed by atoms with Gasteiger partial charge in [-0.15, -0.1) is 11.3 Å². The number of aryl methyl sites for hydroxylation is 1. The number of fused-ring (bicyclic) bond motifs is 2. The Morgan fingerprint density at radius 2 is 1.94 bits per heavy atom. The van der Waals surface area contributed by atoms with E-state index in [0.717, 1.165) is 27.4 Å². The zero-order chi connectivity index (χ0) is 23.1. The molecule has 0 fully saturated rings. The second kappa shape index (κ2) is 8.85. The molecule has 3 aromatic heterocycles. The molecular weight excluding hydrogens is 474 g/mol. The molecule has 0 spiro atoms. The number of anilines is 1. The topological polar surface area (TPSA) is 56.0 Å². The number of rotatable bonds is 6. The summed E-state index contributed by atoms with van der Waals surface area (Å²) >= 11 is 9.48. The van der Waals surface area contributed by atoms with Crippen LogP contribution in [0.25, 0.3) is 26.9 Å². The van der Waals surface area contributed by atoms with Gasteiger partial charge in [0.2, 0.25) is 0 Å². The monoisotopic (exact) mass is 495 g/mol. The Hall–Kier alpha value is -2.81. The van der Waals surface area contributed by atoms with Gasteiger partial charge in [0.1, 0.15) is 0 Å². The lowest BCUT2D eigenvalue weighted by Gasteiger charge is -2.17. The number of aromatic nitrogens is 4. The molecule has 0 unspecified atom stereocenters. The summed E-state index contributed by atoms with van der Waals surface area (Å²) in [5.41, 5.74) is 4.05. The molecule has 0 saturated carbocycles. The number of hydrogen-bond donors (Lipinski definition) is 0. The van der Waals surface area contributed by atoms with E-state index in [9.17, 15) is 4.79 Å². The van der Waals surface area contributed by atoms with Gasteiger partial charge >= 0.3 is 5.56 Å². The van der Waals surface area contributed by atoms with Crippen LogP contribution in [0.5, 0.6) is 0 Å². The Kier molecular flexibility index (Phi) is 5.90. The first kappa shape index (κ1) is 22.0. The lowest BCUT2D eigenvalue weighted by Crippen LogP contribution is -2.17. The zero-order valence-corrected chi connectivity index (χ0v) is 20.8. The molecular formula is C24H22ClN5OS2. The van der Waals surface area contributed by atoms with Gasteiger partial charge in [-0.05, 0) is 65.7 Å². The van der Waals surface area contributed by atoms with Crippen LogP contribution in [0.4, 0.5) is 5.69 Å². The van der Waals surface area contributed by atoms with Gasteiger partial charge in [0.25, 0.3) is 0 Å². The summed E-state index contributed by atoms with van der Waals surface area (Å²) < 4.78 is 5.22. The molecule has 2 aromatic carbocycles. The molecule has 0 bridgehead atoms. The Bertz CT molecular complexity index is 1520. The molecule has 3 heterocycles. The molecule has 0 amide bonds. The maximum atomic E-state index is 12.8. The van der Waals surface area contributed by atoms with Crippen molar-refractivity contribution in [2.24, 2.45) is 0 Å². The number of halogens is 1. The first-order valence-corrected chi connectivity index (χ1v) is 12.7. The smallest absolute Gasteiger partial charge is 0.301 e. The highest BCUT2D eigenvalue weighted by molar-refractivity contribution is 7.98. The van der Waals surface area contributed by atoms with Crippen LogP contribution in [0.2, 0.25) is 5.02 Å². The van der Waals surface area contributed by atoms with Crippen LogP contribution in [-0.4, -0.2) is 33.2 Å². The standard InChI is InChI=1S/C24H22ClN5OS2/c1-4-29-14-26-21-22(31)27-24(30(23(21)29)18-8-6-17(7-9-18)28(2)3)33-13-15-12-32-20-10-5-16(25)11-19(15)20/h5-12,14H,4,13H2,1-3H3. The van der Waals surface area contributed by atoms with Gasteiger partial charge in [-0.25, -0.2) is 4.98 Å². The Labute approximate surface area is 204 Å². The molecule has 0 saturated heterocycles. The summed E-state index contributed by atoms with van der Waals surface area (Å²) in [7, 11) is 4.03. The van der Waals surface area contributed by atoms with Crippen LogP contribution in [0.3, 0.4) is 0 Å². The second-order valence-corrected chi connectivity index (χ2v) is 10.1. The minimum Gasteiger partial charge on any atom is -0.378 e. The number of thioether (sulfide) groups is 1. The third kappa shape index (κ3) is 4.03. The number of hydrogen-bond acceptors (Lipinski definition) is 6. The molecule has 33 heavy (non-hydrogen) atoms. The highest BCUT2D eigenvalue weighted by Gasteiger charge is 2.18. The van der Waals surface area contributed by atoms with Gasteiger partial charge in [-0.1, -0.05) is 23.4 Å². The summed E-state index contributed by atoms with van der Waals surface area (Å²) in [6.45, 7) is 2.74. The third-order valence-corrected chi connectivity index (χ3v) is 7.79. The first-order chi connectivity index (χ1) is 16.0. The first-order valence-electron chi connectivity index (χ1n) is 10.5. The van der Waals surface area contributed by atoms with Gasteiger partial charge in [-0.3, -0.25) is 9.36 Å². The molecule has 6 nitrogen and oxygen atoms in total. The highest BCUT2D eigenvalue weighted by atomic mass is 35.5. The lowest BCUT2D eigenvalue weighted by molar-refractivity contribution is 0.741. The van der Waals surface area contributed by atoms with Crippen molar-refractivity contribution in [2.75, 3.05) is 19.0 Å². The molecule has 0 N–H and O–H groups in total. The quantitative estimate of drug-likeness (QED) is 0.219. The second-order valence-electron chi connectivity index (χ2n) is 7.84. The van der Waals surface area contributed by atoms with E-state index in [-0.39, 0.29) is 5.56 Å². The molecule has 5 rings (SSSR count). The van der Waals surface area contributed by atoms with Crippen molar-refractivity contribution in [1.82, 2.24) is 19.1 Å². The minimum absolute atomic E-state index is 0.306. The summed E-state index contributed by atoms with van der Waals surface area (Å²) in [5, 5.41) is 4.65. The largest absolute Gasteiger partial charge is 0.378 e. The van der Waals surface area contributed by atoms with E-state index in [2.05, 4.69) is 44.5 Å². The van der Waals surface area contributed by atoms with Gasteiger partial charge < -0.3 is 9.47 Å². The number of imidazole rings is 1. The van der Waals surface area contributed by atoms with Crippen LogP contribution < -0.4 is 10.5 Å². The van der Waals surface area contributed by atoms with Crippen LogP contribution in [-0.2, 0) is 12.3 Å². The van der Waals surface area contributed by atoms with Crippen molar-refractivity contribution in [2.45, 2.75) is 24.4 Å². The number of nitrogens with zero attached hydrogens (tertiary/aromatic N) is 5. The third-order valence-electron chi connectivity index (χ3n) is 5.55. The summed E-state index contributed by atoms with van der Waals surface area (Å²) in [5.74, 6) is 0.675. The molecule has 168 valence electrons. The average molecular weight is 496 g/mol. The molecule has 0 radical (unpaired) electrons. The molecule has 5 aromatic rings. The molecule has 0 atom stereocenters. The normalized spacial score (nSPS) is 11.5. The minimum atomic E-state index is -0.306. The predicted molar refractivity (Wildman–Crippen MR) is 140 cm³/mol. The summed E-state index contributed by atoms with van der Waals surface area (Å²) in [6, 6.07) is 14.2. The van der Waals surface area contributed by atoms with E-state index in [0.29, 0.717) is 23.0 Å².